The van der Waals surface area contributed by atoms with E-state index in [1.54, 1.807) is 6.07 Å². The Morgan fingerprint density at radius 1 is 1.38 bits per heavy atom. The van der Waals surface area contributed by atoms with Crippen molar-refractivity contribution in [1.29, 1.82) is 0 Å². The molecule has 114 valence electrons. The summed E-state index contributed by atoms with van der Waals surface area (Å²) >= 11 is 0. The maximum absolute atomic E-state index is 12.5. The summed E-state index contributed by atoms with van der Waals surface area (Å²) in [6, 6.07) is 5.62. The SMILES string of the molecule is COC(=O)C1(NC(=O)c2cc(C)ccc2C)CC(CO)C1. The number of hydrogen-bond acceptors (Lipinski definition) is 4. The van der Waals surface area contributed by atoms with E-state index in [9.17, 15) is 9.59 Å². The van der Waals surface area contributed by atoms with Gasteiger partial charge in [0.15, 0.2) is 0 Å². The number of hydrogen-bond donors (Lipinski definition) is 2. The molecule has 0 saturated heterocycles. The van der Waals surface area contributed by atoms with E-state index < -0.39 is 11.5 Å². The van der Waals surface area contributed by atoms with Crippen molar-refractivity contribution in [3.63, 3.8) is 0 Å². The van der Waals surface area contributed by atoms with Crippen LogP contribution < -0.4 is 5.32 Å². The van der Waals surface area contributed by atoms with E-state index in [1.807, 2.05) is 26.0 Å². The van der Waals surface area contributed by atoms with Crippen molar-refractivity contribution in [3.8, 4) is 0 Å². The maximum atomic E-state index is 12.5. The Kier molecular flexibility index (Phi) is 4.32. The largest absolute Gasteiger partial charge is 0.467 e. The first kappa shape index (κ1) is 15.5. The van der Waals surface area contributed by atoms with Crippen LogP contribution in [-0.4, -0.2) is 36.2 Å². The molecule has 1 amide bonds. The molecule has 1 aliphatic rings. The molecule has 0 aromatic heterocycles. The van der Waals surface area contributed by atoms with Gasteiger partial charge in [0, 0.05) is 12.2 Å². The minimum absolute atomic E-state index is 0.0120. The minimum Gasteiger partial charge on any atom is -0.467 e. The number of ether oxygens (including phenoxy) is 1. The van der Waals surface area contributed by atoms with Crippen molar-refractivity contribution in [2.75, 3.05) is 13.7 Å². The highest BCUT2D eigenvalue weighted by Crippen LogP contribution is 2.38. The highest BCUT2D eigenvalue weighted by Gasteiger charge is 2.52. The third-order valence-electron chi connectivity index (χ3n) is 4.10. The summed E-state index contributed by atoms with van der Waals surface area (Å²) in [7, 11) is 1.31. The molecule has 1 aromatic carbocycles. The van der Waals surface area contributed by atoms with Gasteiger partial charge in [0.25, 0.3) is 5.91 Å². The van der Waals surface area contributed by atoms with Gasteiger partial charge >= 0.3 is 5.97 Å². The highest BCUT2D eigenvalue weighted by atomic mass is 16.5. The number of benzene rings is 1. The zero-order valence-electron chi connectivity index (χ0n) is 12.6. The number of esters is 1. The standard InChI is InChI=1S/C16H21NO4/c1-10-4-5-11(2)13(6-10)14(19)17-16(15(20)21-3)7-12(8-16)9-18/h4-6,12,18H,7-9H2,1-3H3,(H,17,19). The Morgan fingerprint density at radius 3 is 2.62 bits per heavy atom. The summed E-state index contributed by atoms with van der Waals surface area (Å²) in [5, 5.41) is 11.9. The van der Waals surface area contributed by atoms with Gasteiger partial charge in [0.05, 0.1) is 7.11 Å². The molecule has 5 heteroatoms. The lowest BCUT2D eigenvalue weighted by Crippen LogP contribution is -2.63. The first-order valence-corrected chi connectivity index (χ1v) is 7.01. The number of amides is 1. The lowest BCUT2D eigenvalue weighted by atomic mass is 9.68. The number of aliphatic hydroxyl groups excluding tert-OH is 1. The van der Waals surface area contributed by atoms with Crippen LogP contribution in [0, 0.1) is 19.8 Å². The van der Waals surface area contributed by atoms with E-state index in [0.717, 1.165) is 11.1 Å². The molecule has 21 heavy (non-hydrogen) atoms. The lowest BCUT2D eigenvalue weighted by molar-refractivity contribution is -0.155. The molecule has 1 aliphatic carbocycles. The van der Waals surface area contributed by atoms with Crippen LogP contribution in [0.1, 0.15) is 34.3 Å². The van der Waals surface area contributed by atoms with Crippen LogP contribution in [0.5, 0.6) is 0 Å². The second-order valence-corrected chi connectivity index (χ2v) is 5.80. The zero-order chi connectivity index (χ0) is 15.6. The van der Waals surface area contributed by atoms with Gasteiger partial charge in [-0.15, -0.1) is 0 Å². The van der Waals surface area contributed by atoms with Gasteiger partial charge < -0.3 is 15.2 Å². The summed E-state index contributed by atoms with van der Waals surface area (Å²) in [4.78, 5) is 24.4. The van der Waals surface area contributed by atoms with Crippen molar-refractivity contribution < 1.29 is 19.4 Å². The molecular formula is C16H21NO4. The predicted molar refractivity (Wildman–Crippen MR) is 77.9 cm³/mol. The summed E-state index contributed by atoms with van der Waals surface area (Å²) < 4.78 is 4.81. The van der Waals surface area contributed by atoms with Crippen LogP contribution in [0.15, 0.2) is 18.2 Å². The topological polar surface area (TPSA) is 75.6 Å². The average Bonchev–Trinajstić information content (AvgIpc) is 2.43. The fourth-order valence-corrected chi connectivity index (χ4v) is 2.84. The van der Waals surface area contributed by atoms with E-state index in [-0.39, 0.29) is 18.4 Å². The van der Waals surface area contributed by atoms with Crippen molar-refractivity contribution in [1.82, 2.24) is 5.32 Å². The lowest BCUT2D eigenvalue weighted by Gasteiger charge is -2.44. The second kappa shape index (κ2) is 5.85. The number of carbonyl (C=O) groups is 2. The fraction of sp³-hybridized carbons (Fsp3) is 0.500. The Hall–Kier alpha value is -1.88. The Balaban J connectivity index is 2.20. The third-order valence-corrected chi connectivity index (χ3v) is 4.10. The average molecular weight is 291 g/mol. The molecule has 1 fully saturated rings. The van der Waals surface area contributed by atoms with Gasteiger partial charge in [-0.05, 0) is 44.2 Å². The van der Waals surface area contributed by atoms with Gasteiger partial charge in [0.2, 0.25) is 0 Å². The molecule has 0 spiro atoms. The number of nitrogens with one attached hydrogen (secondary N) is 1. The number of carbonyl (C=O) groups excluding carboxylic acids is 2. The van der Waals surface area contributed by atoms with Gasteiger partial charge in [-0.2, -0.15) is 0 Å². The first-order valence-electron chi connectivity index (χ1n) is 7.01. The van der Waals surface area contributed by atoms with E-state index in [0.29, 0.717) is 18.4 Å². The zero-order valence-corrected chi connectivity index (χ0v) is 12.6. The normalized spacial score (nSPS) is 24.1. The van der Waals surface area contributed by atoms with E-state index in [1.165, 1.54) is 7.11 Å². The van der Waals surface area contributed by atoms with Crippen LogP contribution in [-0.2, 0) is 9.53 Å². The summed E-state index contributed by atoms with van der Waals surface area (Å²) in [5.74, 6) is -0.702. The van der Waals surface area contributed by atoms with Gasteiger partial charge in [0.1, 0.15) is 5.54 Å². The van der Waals surface area contributed by atoms with Crippen LogP contribution in [0.4, 0.5) is 0 Å². The van der Waals surface area contributed by atoms with Crippen LogP contribution in [0.2, 0.25) is 0 Å². The summed E-state index contributed by atoms with van der Waals surface area (Å²) in [5.41, 5.74) is 1.40. The fourth-order valence-electron chi connectivity index (χ4n) is 2.84. The maximum Gasteiger partial charge on any atom is 0.331 e. The molecule has 0 bridgehead atoms. The third kappa shape index (κ3) is 2.93. The quantitative estimate of drug-likeness (QED) is 0.821. The summed E-state index contributed by atoms with van der Waals surface area (Å²) in [6.07, 6.45) is 0.819. The first-order chi connectivity index (χ1) is 9.91. The van der Waals surface area contributed by atoms with Crippen LogP contribution in [0.3, 0.4) is 0 Å². The number of rotatable bonds is 4. The van der Waals surface area contributed by atoms with Crippen molar-refractivity contribution in [2.24, 2.45) is 5.92 Å². The molecule has 1 saturated carbocycles. The molecule has 0 heterocycles. The monoisotopic (exact) mass is 291 g/mol. The van der Waals surface area contributed by atoms with Gasteiger partial charge in [-0.1, -0.05) is 17.7 Å². The van der Waals surface area contributed by atoms with Gasteiger partial charge in [-0.3, -0.25) is 4.79 Å². The molecular weight excluding hydrogens is 270 g/mol. The minimum atomic E-state index is -1.00. The number of aliphatic hydroxyl groups is 1. The molecule has 0 radical (unpaired) electrons. The highest BCUT2D eigenvalue weighted by molar-refractivity contribution is 5.99. The molecule has 0 unspecified atom stereocenters. The van der Waals surface area contributed by atoms with E-state index in [2.05, 4.69) is 5.32 Å². The van der Waals surface area contributed by atoms with Crippen molar-refractivity contribution >= 4 is 11.9 Å². The van der Waals surface area contributed by atoms with E-state index >= 15 is 0 Å². The Morgan fingerprint density at radius 2 is 2.05 bits per heavy atom. The van der Waals surface area contributed by atoms with Crippen LogP contribution >= 0.6 is 0 Å². The smallest absolute Gasteiger partial charge is 0.331 e. The molecule has 0 atom stereocenters. The van der Waals surface area contributed by atoms with Crippen molar-refractivity contribution in [2.45, 2.75) is 32.2 Å². The number of methoxy groups -OCH3 is 1. The summed E-state index contributed by atoms with van der Waals surface area (Å²) in [6.45, 7) is 3.78. The predicted octanol–water partition coefficient (Wildman–Crippen LogP) is 1.35. The molecule has 1 aromatic rings. The van der Waals surface area contributed by atoms with Crippen LogP contribution in [0.25, 0.3) is 0 Å². The van der Waals surface area contributed by atoms with Gasteiger partial charge in [-0.25, -0.2) is 4.79 Å². The molecule has 0 aliphatic heterocycles. The molecule has 5 nitrogen and oxygen atoms in total. The second-order valence-electron chi connectivity index (χ2n) is 5.80. The van der Waals surface area contributed by atoms with E-state index in [4.69, 9.17) is 9.84 Å². The Labute approximate surface area is 124 Å². The molecule has 2 rings (SSSR count). The number of aryl methyl sites for hydroxylation is 2. The van der Waals surface area contributed by atoms with Crippen molar-refractivity contribution in [3.05, 3.63) is 34.9 Å². The Bertz CT molecular complexity index is 561. The molecule has 2 N–H and O–H groups in total.